The first-order valence-electron chi connectivity index (χ1n) is 8.67. The van der Waals surface area contributed by atoms with E-state index < -0.39 is 0 Å². The molecule has 0 saturated heterocycles. The summed E-state index contributed by atoms with van der Waals surface area (Å²) in [7, 11) is 0. The minimum absolute atomic E-state index is 1.01. The fourth-order valence-electron chi connectivity index (χ4n) is 4.83. The van der Waals surface area contributed by atoms with Gasteiger partial charge in [0.15, 0.2) is 0 Å². The van der Waals surface area contributed by atoms with E-state index in [4.69, 9.17) is 0 Å². The topological polar surface area (TPSA) is 0 Å². The van der Waals surface area contributed by atoms with Crippen molar-refractivity contribution in [1.29, 1.82) is 0 Å². The summed E-state index contributed by atoms with van der Waals surface area (Å²) >= 11 is 0. The van der Waals surface area contributed by atoms with Crippen molar-refractivity contribution in [2.45, 2.75) is 89.9 Å². The van der Waals surface area contributed by atoms with E-state index in [2.05, 4.69) is 0 Å². The standard InChI is InChI=1S/C18H30/c1-3-9-15(10-4-1)18(17-13-7-8-14-17)16-11-5-2-6-12-16/h15-16H,1-14H2. The van der Waals surface area contributed by atoms with Crippen LogP contribution in [0.25, 0.3) is 0 Å². The van der Waals surface area contributed by atoms with E-state index >= 15 is 0 Å². The largest absolute Gasteiger partial charge is 0.0704 e. The molecule has 0 aromatic carbocycles. The average molecular weight is 246 g/mol. The Balaban J connectivity index is 1.80. The zero-order chi connectivity index (χ0) is 12.2. The lowest BCUT2D eigenvalue weighted by atomic mass is 9.71. The van der Waals surface area contributed by atoms with E-state index in [-0.39, 0.29) is 0 Å². The van der Waals surface area contributed by atoms with E-state index in [0.717, 1.165) is 11.8 Å². The molecule has 0 heteroatoms. The molecule has 3 saturated carbocycles. The minimum atomic E-state index is 1.01. The molecule has 0 atom stereocenters. The third-order valence-corrected chi connectivity index (χ3v) is 5.71. The molecular weight excluding hydrogens is 216 g/mol. The van der Waals surface area contributed by atoms with Gasteiger partial charge in [0.1, 0.15) is 0 Å². The number of allylic oxidation sites excluding steroid dienone is 2. The molecule has 0 aromatic rings. The van der Waals surface area contributed by atoms with Crippen LogP contribution in [0.3, 0.4) is 0 Å². The lowest BCUT2D eigenvalue weighted by Gasteiger charge is -2.34. The lowest BCUT2D eigenvalue weighted by Crippen LogP contribution is -2.20. The predicted octanol–water partition coefficient (Wildman–Crippen LogP) is 6.02. The van der Waals surface area contributed by atoms with Crippen LogP contribution in [0.1, 0.15) is 89.9 Å². The maximum Gasteiger partial charge on any atom is -0.0198 e. The van der Waals surface area contributed by atoms with E-state index in [0.29, 0.717) is 0 Å². The Morgan fingerprint density at radius 1 is 0.556 bits per heavy atom. The van der Waals surface area contributed by atoms with Crippen LogP contribution >= 0.6 is 0 Å². The van der Waals surface area contributed by atoms with Gasteiger partial charge >= 0.3 is 0 Å². The Kier molecular flexibility index (Phi) is 4.44. The molecule has 0 radical (unpaired) electrons. The van der Waals surface area contributed by atoms with Crippen molar-refractivity contribution in [2.24, 2.45) is 11.8 Å². The molecule has 0 bridgehead atoms. The Hall–Kier alpha value is -0.260. The molecule has 0 amide bonds. The van der Waals surface area contributed by atoms with Gasteiger partial charge in [-0.1, -0.05) is 49.7 Å². The van der Waals surface area contributed by atoms with Crippen molar-refractivity contribution in [2.75, 3.05) is 0 Å². The molecule has 0 N–H and O–H groups in total. The Morgan fingerprint density at radius 3 is 1.44 bits per heavy atom. The van der Waals surface area contributed by atoms with Crippen molar-refractivity contribution >= 4 is 0 Å². The van der Waals surface area contributed by atoms with Crippen molar-refractivity contribution in [3.8, 4) is 0 Å². The molecule has 0 spiro atoms. The van der Waals surface area contributed by atoms with E-state index in [1.54, 1.807) is 0 Å². The van der Waals surface area contributed by atoms with E-state index in [1.807, 2.05) is 11.1 Å². The second-order valence-corrected chi connectivity index (χ2v) is 6.94. The van der Waals surface area contributed by atoms with E-state index in [9.17, 15) is 0 Å². The fraction of sp³-hybridized carbons (Fsp3) is 0.889. The first-order valence-corrected chi connectivity index (χ1v) is 8.67. The van der Waals surface area contributed by atoms with Crippen LogP contribution in [-0.4, -0.2) is 0 Å². The fourth-order valence-corrected chi connectivity index (χ4v) is 4.83. The van der Waals surface area contributed by atoms with Crippen LogP contribution < -0.4 is 0 Å². The number of rotatable bonds is 2. The van der Waals surface area contributed by atoms with Gasteiger partial charge in [0.25, 0.3) is 0 Å². The smallest absolute Gasteiger partial charge is 0.0198 e. The maximum atomic E-state index is 2.02. The molecule has 3 fully saturated rings. The van der Waals surface area contributed by atoms with Gasteiger partial charge in [-0.3, -0.25) is 0 Å². The van der Waals surface area contributed by atoms with Gasteiger partial charge in [0.2, 0.25) is 0 Å². The highest BCUT2D eigenvalue weighted by Gasteiger charge is 2.29. The monoisotopic (exact) mass is 246 g/mol. The van der Waals surface area contributed by atoms with Crippen molar-refractivity contribution in [3.63, 3.8) is 0 Å². The van der Waals surface area contributed by atoms with Crippen LogP contribution in [0.5, 0.6) is 0 Å². The summed E-state index contributed by atoms with van der Waals surface area (Å²) < 4.78 is 0. The highest BCUT2D eigenvalue weighted by Crippen LogP contribution is 2.44. The Bertz CT molecular complexity index is 259. The average Bonchev–Trinajstić information content (AvgIpc) is 2.95. The van der Waals surface area contributed by atoms with Crippen LogP contribution in [0.2, 0.25) is 0 Å². The van der Waals surface area contributed by atoms with Gasteiger partial charge in [0, 0.05) is 0 Å². The third-order valence-electron chi connectivity index (χ3n) is 5.71. The van der Waals surface area contributed by atoms with Crippen LogP contribution in [-0.2, 0) is 0 Å². The summed E-state index contributed by atoms with van der Waals surface area (Å²) in [6, 6.07) is 0. The second kappa shape index (κ2) is 6.26. The normalized spacial score (nSPS) is 27.7. The Labute approximate surface area is 113 Å². The highest BCUT2D eigenvalue weighted by molar-refractivity contribution is 5.23. The summed E-state index contributed by atoms with van der Waals surface area (Å²) in [5.74, 6) is 2.02. The quantitative estimate of drug-likeness (QED) is 0.523. The molecule has 0 unspecified atom stereocenters. The van der Waals surface area contributed by atoms with Crippen molar-refractivity contribution < 1.29 is 0 Å². The van der Waals surface area contributed by atoms with Gasteiger partial charge in [-0.05, 0) is 63.2 Å². The Morgan fingerprint density at radius 2 is 1.00 bits per heavy atom. The molecule has 3 aliphatic carbocycles. The number of hydrogen-bond acceptors (Lipinski definition) is 0. The highest BCUT2D eigenvalue weighted by atomic mass is 14.3. The minimum Gasteiger partial charge on any atom is -0.0704 e. The molecule has 0 aromatic heterocycles. The van der Waals surface area contributed by atoms with Gasteiger partial charge in [-0.2, -0.15) is 0 Å². The summed E-state index contributed by atoms with van der Waals surface area (Å²) in [5, 5.41) is 0. The number of hydrogen-bond donors (Lipinski definition) is 0. The first-order chi connectivity index (χ1) is 8.95. The summed E-state index contributed by atoms with van der Waals surface area (Å²) in [5.41, 5.74) is 3.96. The predicted molar refractivity (Wildman–Crippen MR) is 78.6 cm³/mol. The van der Waals surface area contributed by atoms with Crippen molar-refractivity contribution in [1.82, 2.24) is 0 Å². The maximum absolute atomic E-state index is 2.02. The molecule has 18 heavy (non-hydrogen) atoms. The lowest BCUT2D eigenvalue weighted by molar-refractivity contribution is 0.322. The van der Waals surface area contributed by atoms with Crippen LogP contribution in [0, 0.1) is 11.8 Å². The van der Waals surface area contributed by atoms with Gasteiger partial charge < -0.3 is 0 Å². The second-order valence-electron chi connectivity index (χ2n) is 6.94. The van der Waals surface area contributed by atoms with E-state index in [1.165, 1.54) is 89.9 Å². The molecule has 0 aliphatic heterocycles. The molecule has 0 nitrogen and oxygen atoms in total. The summed E-state index contributed by atoms with van der Waals surface area (Å²) in [4.78, 5) is 0. The summed E-state index contributed by atoms with van der Waals surface area (Å²) in [6.07, 6.45) is 21.0. The van der Waals surface area contributed by atoms with Gasteiger partial charge in [0.05, 0.1) is 0 Å². The van der Waals surface area contributed by atoms with Crippen LogP contribution in [0.15, 0.2) is 11.1 Å². The zero-order valence-corrected chi connectivity index (χ0v) is 12.1. The van der Waals surface area contributed by atoms with Gasteiger partial charge in [-0.25, -0.2) is 0 Å². The zero-order valence-electron chi connectivity index (χ0n) is 12.1. The third kappa shape index (κ3) is 2.83. The van der Waals surface area contributed by atoms with Crippen molar-refractivity contribution in [3.05, 3.63) is 11.1 Å². The SMILES string of the molecule is C1CCC(C(=C2CCCC2)C2CCCCC2)CC1. The summed E-state index contributed by atoms with van der Waals surface area (Å²) in [6.45, 7) is 0. The molecule has 3 rings (SSSR count). The molecular formula is C18H30. The first kappa shape index (κ1) is 12.8. The molecule has 0 heterocycles. The van der Waals surface area contributed by atoms with Gasteiger partial charge in [-0.15, -0.1) is 0 Å². The molecule has 102 valence electrons. The molecule has 3 aliphatic rings. The van der Waals surface area contributed by atoms with Crippen LogP contribution in [0.4, 0.5) is 0 Å².